The molecule has 3 rings (SSSR count). The summed E-state index contributed by atoms with van der Waals surface area (Å²) in [6.45, 7) is 9.07. The third kappa shape index (κ3) is 4.74. The van der Waals surface area contributed by atoms with Crippen LogP contribution in [0.4, 0.5) is 5.69 Å². The maximum Gasteiger partial charge on any atom is 0.173 e. The number of rotatable bonds is 4. The smallest absolute Gasteiger partial charge is 0.173 e. The molecule has 138 valence electrons. The van der Waals surface area contributed by atoms with E-state index in [1.54, 1.807) is 7.11 Å². The number of nitrogens with one attached hydrogen (secondary N) is 1. The SMILES string of the molecule is COc1cccc(CN2CCN(C(=S)Nc3ccc(C)cc3C)CC2)c1. The Hall–Kier alpha value is -2.11. The molecule has 0 aliphatic carbocycles. The lowest BCUT2D eigenvalue weighted by Crippen LogP contribution is -2.49. The van der Waals surface area contributed by atoms with Crippen LogP contribution in [0.3, 0.4) is 0 Å². The predicted octanol–water partition coefficient (Wildman–Crippen LogP) is 3.83. The average molecular weight is 370 g/mol. The van der Waals surface area contributed by atoms with Gasteiger partial charge in [0.1, 0.15) is 5.75 Å². The molecule has 0 aromatic heterocycles. The molecule has 1 fully saturated rings. The van der Waals surface area contributed by atoms with Crippen LogP contribution in [-0.2, 0) is 6.54 Å². The van der Waals surface area contributed by atoms with Gasteiger partial charge in [0.15, 0.2) is 5.11 Å². The van der Waals surface area contributed by atoms with Gasteiger partial charge in [0.05, 0.1) is 7.11 Å². The van der Waals surface area contributed by atoms with Crippen LogP contribution in [0.2, 0.25) is 0 Å². The highest BCUT2D eigenvalue weighted by atomic mass is 32.1. The summed E-state index contributed by atoms with van der Waals surface area (Å²) in [7, 11) is 1.71. The Kier molecular flexibility index (Phi) is 6.12. The Morgan fingerprint density at radius 3 is 2.54 bits per heavy atom. The van der Waals surface area contributed by atoms with Gasteiger partial charge >= 0.3 is 0 Å². The summed E-state index contributed by atoms with van der Waals surface area (Å²) in [4.78, 5) is 4.72. The fraction of sp³-hybridized carbons (Fsp3) is 0.381. The van der Waals surface area contributed by atoms with E-state index in [4.69, 9.17) is 17.0 Å². The van der Waals surface area contributed by atoms with Gasteiger partial charge in [-0.05, 0) is 55.4 Å². The fourth-order valence-corrected chi connectivity index (χ4v) is 3.58. The maximum atomic E-state index is 5.63. The number of benzene rings is 2. The third-order valence-electron chi connectivity index (χ3n) is 4.82. The van der Waals surface area contributed by atoms with Crippen LogP contribution < -0.4 is 10.1 Å². The Bertz CT molecular complexity index is 770. The molecule has 0 spiro atoms. The van der Waals surface area contributed by atoms with Crippen LogP contribution >= 0.6 is 12.2 Å². The van der Waals surface area contributed by atoms with Crippen molar-refractivity contribution in [3.05, 3.63) is 59.2 Å². The Balaban J connectivity index is 1.52. The Morgan fingerprint density at radius 2 is 1.85 bits per heavy atom. The number of aryl methyl sites for hydroxylation is 2. The molecule has 0 bridgehead atoms. The zero-order valence-electron chi connectivity index (χ0n) is 15.8. The topological polar surface area (TPSA) is 27.7 Å². The minimum absolute atomic E-state index is 0.818. The predicted molar refractivity (Wildman–Crippen MR) is 112 cm³/mol. The molecule has 0 radical (unpaired) electrons. The van der Waals surface area contributed by atoms with Crippen molar-refractivity contribution in [2.75, 3.05) is 38.6 Å². The van der Waals surface area contributed by atoms with Crippen LogP contribution in [0.15, 0.2) is 42.5 Å². The van der Waals surface area contributed by atoms with Crippen molar-refractivity contribution in [3.63, 3.8) is 0 Å². The average Bonchev–Trinajstić information content (AvgIpc) is 2.64. The summed E-state index contributed by atoms with van der Waals surface area (Å²) >= 11 is 5.63. The molecule has 26 heavy (non-hydrogen) atoms. The largest absolute Gasteiger partial charge is 0.497 e. The molecule has 5 heteroatoms. The van der Waals surface area contributed by atoms with E-state index in [2.05, 4.69) is 59.3 Å². The zero-order chi connectivity index (χ0) is 18.5. The molecule has 0 saturated carbocycles. The summed E-state index contributed by atoms with van der Waals surface area (Å²) in [5, 5.41) is 4.23. The number of hydrogen-bond donors (Lipinski definition) is 1. The quantitative estimate of drug-likeness (QED) is 0.827. The number of anilines is 1. The van der Waals surface area contributed by atoms with Crippen molar-refractivity contribution >= 4 is 23.0 Å². The first-order valence-corrected chi connectivity index (χ1v) is 9.44. The number of piperazine rings is 1. The van der Waals surface area contributed by atoms with E-state index in [0.29, 0.717) is 0 Å². The van der Waals surface area contributed by atoms with E-state index in [0.717, 1.165) is 49.3 Å². The van der Waals surface area contributed by atoms with E-state index >= 15 is 0 Å². The van der Waals surface area contributed by atoms with Crippen LogP contribution in [0.25, 0.3) is 0 Å². The fourth-order valence-electron chi connectivity index (χ4n) is 3.29. The van der Waals surface area contributed by atoms with Gasteiger partial charge in [-0.2, -0.15) is 0 Å². The van der Waals surface area contributed by atoms with E-state index in [-0.39, 0.29) is 0 Å². The van der Waals surface area contributed by atoms with Gasteiger partial charge in [0.2, 0.25) is 0 Å². The van der Waals surface area contributed by atoms with Crippen LogP contribution in [0, 0.1) is 13.8 Å². The minimum atomic E-state index is 0.818. The van der Waals surface area contributed by atoms with E-state index in [1.165, 1.54) is 16.7 Å². The highest BCUT2D eigenvalue weighted by molar-refractivity contribution is 7.80. The molecular formula is C21H27N3OS. The van der Waals surface area contributed by atoms with Crippen molar-refractivity contribution in [2.24, 2.45) is 0 Å². The molecule has 1 aliphatic heterocycles. The lowest BCUT2D eigenvalue weighted by molar-refractivity contribution is 0.177. The molecule has 0 unspecified atom stereocenters. The van der Waals surface area contributed by atoms with Gasteiger partial charge in [-0.1, -0.05) is 29.8 Å². The Morgan fingerprint density at radius 1 is 1.08 bits per heavy atom. The molecule has 2 aromatic carbocycles. The van der Waals surface area contributed by atoms with Gasteiger partial charge < -0.3 is 15.0 Å². The lowest BCUT2D eigenvalue weighted by Gasteiger charge is -2.36. The van der Waals surface area contributed by atoms with Crippen LogP contribution in [0.5, 0.6) is 5.75 Å². The second-order valence-corrected chi connectivity index (χ2v) is 7.25. The second kappa shape index (κ2) is 8.52. The number of nitrogens with zero attached hydrogens (tertiary/aromatic N) is 2. The first-order chi connectivity index (χ1) is 12.5. The van der Waals surface area contributed by atoms with Crippen molar-refractivity contribution in [1.29, 1.82) is 0 Å². The summed E-state index contributed by atoms with van der Waals surface area (Å²) in [5.74, 6) is 0.917. The molecule has 1 N–H and O–H groups in total. The number of thiocarbonyl (C=S) groups is 1. The van der Waals surface area contributed by atoms with Crippen molar-refractivity contribution in [1.82, 2.24) is 9.80 Å². The van der Waals surface area contributed by atoms with Crippen LogP contribution in [-0.4, -0.2) is 48.2 Å². The van der Waals surface area contributed by atoms with Crippen molar-refractivity contribution < 1.29 is 4.74 Å². The molecule has 1 saturated heterocycles. The van der Waals surface area contributed by atoms with Crippen LogP contribution in [0.1, 0.15) is 16.7 Å². The normalized spacial score (nSPS) is 15.0. The van der Waals surface area contributed by atoms with E-state index < -0.39 is 0 Å². The lowest BCUT2D eigenvalue weighted by atomic mass is 10.1. The molecular weight excluding hydrogens is 342 g/mol. The van der Waals surface area contributed by atoms with Gasteiger partial charge in [-0.25, -0.2) is 0 Å². The highest BCUT2D eigenvalue weighted by Gasteiger charge is 2.19. The van der Waals surface area contributed by atoms with Crippen molar-refractivity contribution in [2.45, 2.75) is 20.4 Å². The number of ether oxygens (including phenoxy) is 1. The molecule has 4 nitrogen and oxygen atoms in total. The first kappa shape index (κ1) is 18.7. The van der Waals surface area contributed by atoms with Gasteiger partial charge in [0, 0.05) is 38.4 Å². The summed E-state index contributed by atoms with van der Waals surface area (Å²) in [6, 6.07) is 14.7. The first-order valence-electron chi connectivity index (χ1n) is 9.03. The monoisotopic (exact) mass is 369 g/mol. The highest BCUT2D eigenvalue weighted by Crippen LogP contribution is 2.18. The summed E-state index contributed by atoms with van der Waals surface area (Å²) < 4.78 is 5.31. The zero-order valence-corrected chi connectivity index (χ0v) is 16.6. The van der Waals surface area contributed by atoms with Gasteiger partial charge in [-0.3, -0.25) is 4.90 Å². The molecule has 2 aromatic rings. The number of hydrogen-bond acceptors (Lipinski definition) is 3. The van der Waals surface area contributed by atoms with E-state index in [9.17, 15) is 0 Å². The van der Waals surface area contributed by atoms with E-state index in [1.807, 2.05) is 12.1 Å². The molecule has 0 atom stereocenters. The molecule has 1 heterocycles. The van der Waals surface area contributed by atoms with Gasteiger partial charge in [0.25, 0.3) is 0 Å². The standard InChI is InChI=1S/C21H27N3OS/c1-16-7-8-20(17(2)13-16)22-21(26)24-11-9-23(10-12-24)15-18-5-4-6-19(14-18)25-3/h4-8,13-14H,9-12,15H2,1-3H3,(H,22,26). The summed E-state index contributed by atoms with van der Waals surface area (Å²) in [6.07, 6.45) is 0. The number of methoxy groups -OCH3 is 1. The minimum Gasteiger partial charge on any atom is -0.497 e. The third-order valence-corrected chi connectivity index (χ3v) is 5.18. The maximum absolute atomic E-state index is 5.63. The van der Waals surface area contributed by atoms with Gasteiger partial charge in [-0.15, -0.1) is 0 Å². The second-order valence-electron chi connectivity index (χ2n) is 6.86. The summed E-state index contributed by atoms with van der Waals surface area (Å²) in [5.41, 5.74) is 4.88. The molecule has 0 amide bonds. The Labute approximate surface area is 161 Å². The van der Waals surface area contributed by atoms with Crippen molar-refractivity contribution in [3.8, 4) is 5.75 Å². The molecule has 1 aliphatic rings.